The first-order chi connectivity index (χ1) is 10.7. The molecule has 3 aromatic rings. The Kier molecular flexibility index (Phi) is 3.78. The second-order valence-electron chi connectivity index (χ2n) is 4.48. The fourth-order valence-corrected chi connectivity index (χ4v) is 1.97. The van der Waals surface area contributed by atoms with Gasteiger partial charge in [-0.25, -0.2) is 4.98 Å². The molecule has 0 aliphatic rings. The van der Waals surface area contributed by atoms with E-state index in [1.54, 1.807) is 18.2 Å². The van der Waals surface area contributed by atoms with Crippen LogP contribution >= 0.6 is 0 Å². The molecule has 0 aliphatic heterocycles. The van der Waals surface area contributed by atoms with Gasteiger partial charge in [-0.15, -0.1) is 0 Å². The Morgan fingerprint density at radius 1 is 1.09 bits per heavy atom. The van der Waals surface area contributed by atoms with Gasteiger partial charge in [-0.2, -0.15) is 5.10 Å². The van der Waals surface area contributed by atoms with Crippen molar-refractivity contribution >= 4 is 5.69 Å². The van der Waals surface area contributed by atoms with Gasteiger partial charge in [0.25, 0.3) is 5.69 Å². The van der Waals surface area contributed by atoms with E-state index in [1.807, 2.05) is 30.3 Å². The number of nitro benzene ring substituents is 1. The Morgan fingerprint density at radius 3 is 2.59 bits per heavy atom. The standard InChI is InChI=1S/C15H12N4O3/c20-19(21)13-9-5-4-8-12(13)15-16-14(17-18-15)10-22-11-6-2-1-3-7-11/h1-9H,10H2,(H,16,17,18). The molecule has 0 unspecified atom stereocenters. The van der Waals surface area contributed by atoms with Crippen LogP contribution < -0.4 is 4.74 Å². The first-order valence-electron chi connectivity index (χ1n) is 6.57. The van der Waals surface area contributed by atoms with E-state index in [0.717, 1.165) is 0 Å². The molecule has 7 nitrogen and oxygen atoms in total. The Hall–Kier alpha value is -3.22. The van der Waals surface area contributed by atoms with Crippen molar-refractivity contribution in [1.82, 2.24) is 15.2 Å². The van der Waals surface area contributed by atoms with E-state index in [4.69, 9.17) is 4.74 Å². The number of nitro groups is 1. The summed E-state index contributed by atoms with van der Waals surface area (Å²) >= 11 is 0. The van der Waals surface area contributed by atoms with Crippen molar-refractivity contribution in [2.24, 2.45) is 0 Å². The first-order valence-corrected chi connectivity index (χ1v) is 6.57. The highest BCUT2D eigenvalue weighted by Gasteiger charge is 2.17. The summed E-state index contributed by atoms with van der Waals surface area (Å²) in [7, 11) is 0. The number of rotatable bonds is 5. The van der Waals surface area contributed by atoms with Crippen LogP contribution in [0.5, 0.6) is 5.75 Å². The zero-order chi connectivity index (χ0) is 15.4. The Balaban J connectivity index is 1.78. The number of nitrogens with zero attached hydrogens (tertiary/aromatic N) is 3. The summed E-state index contributed by atoms with van der Waals surface area (Å²) in [5.41, 5.74) is 0.340. The lowest BCUT2D eigenvalue weighted by Gasteiger charge is -2.02. The number of benzene rings is 2. The van der Waals surface area contributed by atoms with Gasteiger partial charge in [-0.3, -0.25) is 15.2 Å². The van der Waals surface area contributed by atoms with Crippen molar-refractivity contribution in [2.75, 3.05) is 0 Å². The van der Waals surface area contributed by atoms with Gasteiger partial charge in [-0.05, 0) is 18.2 Å². The minimum absolute atomic E-state index is 0.0305. The molecule has 110 valence electrons. The minimum Gasteiger partial charge on any atom is -0.486 e. The fourth-order valence-electron chi connectivity index (χ4n) is 1.97. The third-order valence-electron chi connectivity index (χ3n) is 2.99. The molecule has 0 bridgehead atoms. The lowest BCUT2D eigenvalue weighted by atomic mass is 10.2. The third-order valence-corrected chi connectivity index (χ3v) is 2.99. The summed E-state index contributed by atoms with van der Waals surface area (Å²) in [6.45, 7) is 0.206. The van der Waals surface area contributed by atoms with Gasteiger partial charge >= 0.3 is 0 Å². The van der Waals surface area contributed by atoms with E-state index in [0.29, 0.717) is 17.1 Å². The molecule has 2 aromatic carbocycles. The number of ether oxygens (including phenoxy) is 1. The van der Waals surface area contributed by atoms with Crippen molar-refractivity contribution < 1.29 is 9.66 Å². The lowest BCUT2D eigenvalue weighted by molar-refractivity contribution is -0.384. The van der Waals surface area contributed by atoms with Gasteiger partial charge in [0, 0.05) is 6.07 Å². The molecule has 1 N–H and O–H groups in total. The van der Waals surface area contributed by atoms with Crippen molar-refractivity contribution in [3.05, 3.63) is 70.5 Å². The van der Waals surface area contributed by atoms with Crippen molar-refractivity contribution in [3.63, 3.8) is 0 Å². The molecule has 0 saturated heterocycles. The molecule has 0 saturated carbocycles. The second-order valence-corrected chi connectivity index (χ2v) is 4.48. The SMILES string of the molecule is O=[N+]([O-])c1ccccc1-c1n[nH]c(COc2ccccc2)n1. The van der Waals surface area contributed by atoms with Crippen LogP contribution in [0.15, 0.2) is 54.6 Å². The topological polar surface area (TPSA) is 93.9 Å². The van der Waals surface area contributed by atoms with Crippen LogP contribution in [-0.2, 0) is 6.61 Å². The number of para-hydroxylation sites is 2. The number of hydrogen-bond acceptors (Lipinski definition) is 5. The van der Waals surface area contributed by atoms with Crippen molar-refractivity contribution in [3.8, 4) is 17.1 Å². The zero-order valence-corrected chi connectivity index (χ0v) is 11.5. The largest absolute Gasteiger partial charge is 0.486 e. The van der Waals surface area contributed by atoms with E-state index in [-0.39, 0.29) is 18.1 Å². The quantitative estimate of drug-likeness (QED) is 0.577. The van der Waals surface area contributed by atoms with Crippen LogP contribution in [-0.4, -0.2) is 20.1 Å². The minimum atomic E-state index is -0.453. The summed E-state index contributed by atoms with van der Waals surface area (Å²) in [5, 5.41) is 17.8. The Labute approximate surface area is 125 Å². The molecule has 0 fully saturated rings. The maximum atomic E-state index is 11.0. The van der Waals surface area contributed by atoms with Crippen LogP contribution in [0.1, 0.15) is 5.82 Å². The summed E-state index contributed by atoms with van der Waals surface area (Å²) in [4.78, 5) is 14.8. The Morgan fingerprint density at radius 2 is 1.82 bits per heavy atom. The maximum absolute atomic E-state index is 11.0. The van der Waals surface area contributed by atoms with E-state index in [1.165, 1.54) is 6.07 Å². The van der Waals surface area contributed by atoms with E-state index in [2.05, 4.69) is 15.2 Å². The summed E-state index contributed by atoms with van der Waals surface area (Å²) in [5.74, 6) is 1.49. The van der Waals surface area contributed by atoms with E-state index in [9.17, 15) is 10.1 Å². The van der Waals surface area contributed by atoms with Gasteiger partial charge < -0.3 is 4.74 Å². The normalized spacial score (nSPS) is 10.4. The Bertz CT molecular complexity index is 786. The molecular formula is C15H12N4O3. The molecule has 1 aromatic heterocycles. The molecular weight excluding hydrogens is 284 g/mol. The number of aromatic nitrogens is 3. The second kappa shape index (κ2) is 6.04. The van der Waals surface area contributed by atoms with Crippen LogP contribution in [0.3, 0.4) is 0 Å². The zero-order valence-electron chi connectivity index (χ0n) is 11.5. The molecule has 22 heavy (non-hydrogen) atoms. The number of nitrogens with one attached hydrogen (secondary N) is 1. The van der Waals surface area contributed by atoms with Gasteiger partial charge in [0.2, 0.25) is 0 Å². The first kappa shape index (κ1) is 13.7. The molecule has 0 radical (unpaired) electrons. The molecule has 0 atom stereocenters. The predicted molar refractivity (Wildman–Crippen MR) is 79.2 cm³/mol. The van der Waals surface area contributed by atoms with Crippen molar-refractivity contribution in [1.29, 1.82) is 0 Å². The van der Waals surface area contributed by atoms with Crippen LogP contribution in [0.4, 0.5) is 5.69 Å². The third kappa shape index (κ3) is 2.93. The monoisotopic (exact) mass is 296 g/mol. The molecule has 0 amide bonds. The van der Waals surface area contributed by atoms with E-state index >= 15 is 0 Å². The van der Waals surface area contributed by atoms with E-state index < -0.39 is 4.92 Å². The number of H-pyrrole nitrogens is 1. The molecule has 0 aliphatic carbocycles. The predicted octanol–water partition coefficient (Wildman–Crippen LogP) is 2.96. The van der Waals surface area contributed by atoms with Crippen LogP contribution in [0.25, 0.3) is 11.4 Å². The summed E-state index contributed by atoms with van der Waals surface area (Å²) < 4.78 is 5.55. The number of hydrogen-bond donors (Lipinski definition) is 1. The van der Waals surface area contributed by atoms with Crippen LogP contribution in [0.2, 0.25) is 0 Å². The smallest absolute Gasteiger partial charge is 0.280 e. The van der Waals surface area contributed by atoms with Gasteiger partial charge in [-0.1, -0.05) is 30.3 Å². The molecule has 3 rings (SSSR count). The van der Waals surface area contributed by atoms with Crippen LogP contribution in [0, 0.1) is 10.1 Å². The summed E-state index contributed by atoms with van der Waals surface area (Å²) in [6.07, 6.45) is 0. The molecule has 1 heterocycles. The van der Waals surface area contributed by atoms with Gasteiger partial charge in [0.15, 0.2) is 11.6 Å². The number of aromatic amines is 1. The summed E-state index contributed by atoms with van der Waals surface area (Å²) in [6, 6.07) is 15.6. The maximum Gasteiger partial charge on any atom is 0.280 e. The highest BCUT2D eigenvalue weighted by molar-refractivity contribution is 5.67. The fraction of sp³-hybridized carbons (Fsp3) is 0.0667. The molecule has 0 spiro atoms. The average molecular weight is 296 g/mol. The average Bonchev–Trinajstić information content (AvgIpc) is 3.03. The van der Waals surface area contributed by atoms with Gasteiger partial charge in [0.1, 0.15) is 12.4 Å². The highest BCUT2D eigenvalue weighted by atomic mass is 16.6. The van der Waals surface area contributed by atoms with Crippen molar-refractivity contribution in [2.45, 2.75) is 6.61 Å². The lowest BCUT2D eigenvalue weighted by Crippen LogP contribution is -1.97. The van der Waals surface area contributed by atoms with Gasteiger partial charge in [0.05, 0.1) is 10.5 Å². The highest BCUT2D eigenvalue weighted by Crippen LogP contribution is 2.26. The molecule has 7 heteroatoms.